The van der Waals surface area contributed by atoms with Crippen molar-refractivity contribution in [2.75, 3.05) is 26.4 Å². The van der Waals surface area contributed by atoms with Crippen LogP contribution in [0, 0.1) is 39.4 Å². The van der Waals surface area contributed by atoms with Gasteiger partial charge in [0.1, 0.15) is 11.2 Å². The molecule has 2 saturated carbocycles. The van der Waals surface area contributed by atoms with Crippen LogP contribution in [-0.4, -0.2) is 72.0 Å². The smallest absolute Gasteiger partial charge is 0.333 e. The van der Waals surface area contributed by atoms with Gasteiger partial charge in [-0.15, -0.1) is 6.58 Å². The molecule has 2 aliphatic rings. The van der Waals surface area contributed by atoms with Gasteiger partial charge in [-0.1, -0.05) is 134 Å². The summed E-state index contributed by atoms with van der Waals surface area (Å²) in [5.74, 6) is 0.886. The number of rotatable bonds is 34. The minimum absolute atomic E-state index is 0.101. The average Bonchev–Trinajstić information content (AvgIpc) is 3.32. The van der Waals surface area contributed by atoms with E-state index < -0.39 is 22.4 Å². The molecule has 2 aromatic rings. The molecule has 0 aromatic heterocycles. The highest BCUT2D eigenvalue weighted by molar-refractivity contribution is 5.87. The maximum Gasteiger partial charge on any atom is 0.333 e. The van der Waals surface area contributed by atoms with Gasteiger partial charge in [0.2, 0.25) is 0 Å². The number of ether oxygens (including phenoxy) is 6. The van der Waals surface area contributed by atoms with E-state index in [0.717, 1.165) is 81.6 Å². The van der Waals surface area contributed by atoms with E-state index in [9.17, 15) is 9.59 Å². The second-order valence-electron chi connectivity index (χ2n) is 30.5. The summed E-state index contributed by atoms with van der Waals surface area (Å²) in [6.07, 6.45) is 16.7. The molecular weight excluding hydrogens is 993 g/mol. The molecule has 0 spiro atoms. The third-order valence-electron chi connectivity index (χ3n) is 19.8. The lowest BCUT2D eigenvalue weighted by atomic mass is 9.51. The van der Waals surface area contributed by atoms with E-state index in [1.165, 1.54) is 32.1 Å². The van der Waals surface area contributed by atoms with Crippen molar-refractivity contribution in [3.63, 3.8) is 0 Å². The Labute approximate surface area is 489 Å². The standard InChI is InChI=1S/C72H116O8/c1-24-54-45-71(22,50-65(10,11)75-43-33-31-40-63(6,7)69(18,19)77-48-59(55-35-27-25-28-36-55)67(14,15)79-61(73)52(2)3)42-39-58(54)57-46-72(23,47-57)51-66(12,13)76-44-34-32-41-64(8,9)70(20,21)78-49-60(56-37-29-26-30-38-56)68(16,17)80-62(74)53(4)5/h24-30,35-38,54,57-60H,1-2,4,31-34,39-51H2,3,5-23H3. The molecule has 452 valence electrons. The fourth-order valence-electron chi connectivity index (χ4n) is 13.5. The SMILES string of the molecule is C=CC1CC(C)(CC(C)(C)OCCCCC(C)(C)C(C)(C)OCC(c2ccccc2)C(C)(C)OC(=O)C(=C)C)CCC1C1CC(C)(CC(C)(C)OCCCCC(C)(C)C(C)(C)OCC(c2ccccc2)C(C)(C)OC(=O)C(=C)C)C1. The van der Waals surface area contributed by atoms with Crippen molar-refractivity contribution in [2.24, 2.45) is 39.4 Å². The van der Waals surface area contributed by atoms with Crippen molar-refractivity contribution in [1.82, 2.24) is 0 Å². The van der Waals surface area contributed by atoms with E-state index in [2.05, 4.69) is 147 Å². The van der Waals surface area contributed by atoms with E-state index in [1.54, 1.807) is 13.8 Å². The van der Waals surface area contributed by atoms with E-state index in [-0.39, 0.29) is 56.6 Å². The van der Waals surface area contributed by atoms with Gasteiger partial charge in [-0.2, -0.15) is 0 Å². The Kier molecular flexibility index (Phi) is 23.6. The number of hydrogen-bond donors (Lipinski definition) is 0. The van der Waals surface area contributed by atoms with Gasteiger partial charge >= 0.3 is 11.9 Å². The molecule has 0 N–H and O–H groups in total. The van der Waals surface area contributed by atoms with Crippen LogP contribution in [0.1, 0.15) is 245 Å². The number of carbonyl (C=O) groups excluding carboxylic acids is 2. The van der Waals surface area contributed by atoms with Crippen molar-refractivity contribution in [1.29, 1.82) is 0 Å². The first kappa shape index (κ1) is 68.9. The zero-order chi connectivity index (χ0) is 60.4. The van der Waals surface area contributed by atoms with Gasteiger partial charge in [-0.25, -0.2) is 9.59 Å². The monoisotopic (exact) mass is 1110 g/mol. The predicted molar refractivity (Wildman–Crippen MR) is 333 cm³/mol. The number of unbranched alkanes of at least 4 members (excludes halogenated alkanes) is 2. The first-order chi connectivity index (χ1) is 36.7. The van der Waals surface area contributed by atoms with Crippen molar-refractivity contribution in [3.05, 3.63) is 109 Å². The summed E-state index contributed by atoms with van der Waals surface area (Å²) in [6.45, 7) is 57.8. The van der Waals surface area contributed by atoms with Crippen LogP contribution in [0.2, 0.25) is 0 Å². The highest BCUT2D eigenvalue weighted by atomic mass is 16.6. The topological polar surface area (TPSA) is 89.5 Å². The van der Waals surface area contributed by atoms with E-state index in [0.29, 0.717) is 36.2 Å². The molecule has 80 heavy (non-hydrogen) atoms. The zero-order valence-electron chi connectivity index (χ0n) is 54.6. The van der Waals surface area contributed by atoms with Gasteiger partial charge in [0.05, 0.1) is 35.6 Å². The fourth-order valence-corrected chi connectivity index (χ4v) is 13.5. The Morgan fingerprint density at radius 1 is 0.562 bits per heavy atom. The Hall–Kier alpha value is -3.56. The minimum Gasteiger partial charge on any atom is -0.456 e. The van der Waals surface area contributed by atoms with E-state index in [1.807, 2.05) is 64.1 Å². The van der Waals surface area contributed by atoms with Crippen molar-refractivity contribution in [2.45, 2.75) is 267 Å². The summed E-state index contributed by atoms with van der Waals surface area (Å²) in [7, 11) is 0. The lowest BCUT2D eigenvalue weighted by Gasteiger charge is -2.55. The third-order valence-corrected chi connectivity index (χ3v) is 19.8. The number of allylic oxidation sites excluding steroid dienone is 1. The molecule has 4 rings (SSSR count). The van der Waals surface area contributed by atoms with Crippen LogP contribution in [0.15, 0.2) is 97.6 Å². The normalized spacial score (nSPS) is 22.4. The quantitative estimate of drug-likeness (QED) is 0.0296. The molecule has 2 aromatic carbocycles. The second kappa shape index (κ2) is 27.4. The van der Waals surface area contributed by atoms with Crippen LogP contribution < -0.4 is 0 Å². The minimum atomic E-state index is -0.793. The summed E-state index contributed by atoms with van der Waals surface area (Å²) in [6, 6.07) is 20.5. The Morgan fingerprint density at radius 3 is 1.30 bits per heavy atom. The molecule has 2 fully saturated rings. The molecule has 0 saturated heterocycles. The first-order valence-electron chi connectivity index (χ1n) is 30.8. The summed E-state index contributed by atoms with van der Waals surface area (Å²) in [4.78, 5) is 25.3. The Morgan fingerprint density at radius 2 is 0.938 bits per heavy atom. The van der Waals surface area contributed by atoms with E-state index in [4.69, 9.17) is 28.4 Å². The molecule has 0 heterocycles. The highest BCUT2D eigenvalue weighted by Gasteiger charge is 2.51. The lowest BCUT2D eigenvalue weighted by molar-refractivity contribution is -0.161. The number of hydrogen-bond acceptors (Lipinski definition) is 8. The number of benzene rings is 2. The molecule has 2 aliphatic carbocycles. The maximum absolute atomic E-state index is 12.7. The van der Waals surface area contributed by atoms with Gasteiger partial charge < -0.3 is 28.4 Å². The summed E-state index contributed by atoms with van der Waals surface area (Å²) >= 11 is 0. The lowest BCUT2D eigenvalue weighted by Crippen LogP contribution is -2.47. The van der Waals surface area contributed by atoms with Gasteiger partial charge in [0.15, 0.2) is 0 Å². The van der Waals surface area contributed by atoms with Crippen LogP contribution in [0.4, 0.5) is 0 Å². The molecule has 0 amide bonds. The molecule has 8 nitrogen and oxygen atoms in total. The van der Waals surface area contributed by atoms with Gasteiger partial charge in [-0.05, 0) is 218 Å². The Balaban J connectivity index is 1.19. The molecule has 0 aliphatic heterocycles. The van der Waals surface area contributed by atoms with Gasteiger partial charge in [0.25, 0.3) is 0 Å². The van der Waals surface area contributed by atoms with Crippen molar-refractivity contribution in [3.8, 4) is 0 Å². The molecule has 0 bridgehead atoms. The summed E-state index contributed by atoms with van der Waals surface area (Å²) < 4.78 is 39.1. The third kappa shape index (κ3) is 19.5. The summed E-state index contributed by atoms with van der Waals surface area (Å²) in [5.41, 5.74) is 0.403. The predicted octanol–water partition coefficient (Wildman–Crippen LogP) is 18.7. The van der Waals surface area contributed by atoms with Gasteiger partial charge in [0, 0.05) is 36.2 Å². The molecule has 5 atom stereocenters. The second-order valence-corrected chi connectivity index (χ2v) is 30.5. The highest BCUT2D eigenvalue weighted by Crippen LogP contribution is 2.59. The van der Waals surface area contributed by atoms with Crippen LogP contribution in [0.5, 0.6) is 0 Å². The van der Waals surface area contributed by atoms with Gasteiger partial charge in [-0.3, -0.25) is 0 Å². The Bertz CT molecular complexity index is 2310. The first-order valence-corrected chi connectivity index (χ1v) is 30.8. The summed E-state index contributed by atoms with van der Waals surface area (Å²) in [5, 5.41) is 0. The van der Waals surface area contributed by atoms with E-state index >= 15 is 0 Å². The molecule has 8 heteroatoms. The molecule has 0 radical (unpaired) electrons. The largest absolute Gasteiger partial charge is 0.456 e. The van der Waals surface area contributed by atoms with Crippen molar-refractivity contribution >= 4 is 11.9 Å². The average molecular weight is 1110 g/mol. The van der Waals surface area contributed by atoms with Crippen LogP contribution in [0.3, 0.4) is 0 Å². The molecular formula is C72H116O8. The number of carbonyl (C=O) groups is 2. The molecule has 5 unspecified atom stereocenters. The van der Waals surface area contributed by atoms with Crippen LogP contribution in [-0.2, 0) is 38.0 Å². The van der Waals surface area contributed by atoms with Crippen LogP contribution in [0.25, 0.3) is 0 Å². The fraction of sp³-hybridized carbons (Fsp3) is 0.722. The maximum atomic E-state index is 12.7. The number of esters is 2. The van der Waals surface area contributed by atoms with Crippen LogP contribution >= 0.6 is 0 Å². The van der Waals surface area contributed by atoms with Crippen molar-refractivity contribution < 1.29 is 38.0 Å². The zero-order valence-corrected chi connectivity index (χ0v) is 54.6.